The predicted octanol–water partition coefficient (Wildman–Crippen LogP) is 3.85. The molecule has 0 bridgehead atoms. The first-order valence-corrected chi connectivity index (χ1v) is 12.3. The van der Waals surface area contributed by atoms with Crippen LogP contribution < -0.4 is 0 Å². The normalized spacial score (nSPS) is 18.6. The van der Waals surface area contributed by atoms with Gasteiger partial charge in [0.05, 0.1) is 18.1 Å². The number of thiophene rings is 1. The van der Waals surface area contributed by atoms with E-state index in [0.29, 0.717) is 19.6 Å². The Bertz CT molecular complexity index is 951. The van der Waals surface area contributed by atoms with Gasteiger partial charge in [0.2, 0.25) is 5.91 Å². The van der Waals surface area contributed by atoms with Gasteiger partial charge < -0.3 is 9.64 Å². The zero-order valence-corrected chi connectivity index (χ0v) is 18.7. The van der Waals surface area contributed by atoms with E-state index in [2.05, 4.69) is 15.9 Å². The highest BCUT2D eigenvalue weighted by Crippen LogP contribution is 2.30. The fraction of sp³-hybridized carbons (Fsp3) is 0.350. The van der Waals surface area contributed by atoms with Crippen molar-refractivity contribution < 1.29 is 17.9 Å². The van der Waals surface area contributed by atoms with Crippen molar-refractivity contribution in [3.63, 3.8) is 0 Å². The molecule has 0 spiro atoms. The van der Waals surface area contributed by atoms with Gasteiger partial charge in [-0.25, -0.2) is 8.42 Å². The van der Waals surface area contributed by atoms with E-state index in [1.807, 2.05) is 36.4 Å². The molecule has 1 amide bonds. The van der Waals surface area contributed by atoms with Crippen molar-refractivity contribution in [2.75, 3.05) is 31.8 Å². The van der Waals surface area contributed by atoms with E-state index >= 15 is 0 Å². The summed E-state index contributed by atoms with van der Waals surface area (Å²) in [6, 6.07) is 11.8. The molecule has 5 nitrogen and oxygen atoms in total. The molecule has 2 aromatic rings. The van der Waals surface area contributed by atoms with Crippen LogP contribution in [0.2, 0.25) is 0 Å². The van der Waals surface area contributed by atoms with Gasteiger partial charge in [0, 0.05) is 40.0 Å². The van der Waals surface area contributed by atoms with Crippen LogP contribution in [0.25, 0.3) is 16.5 Å². The van der Waals surface area contributed by atoms with Crippen LogP contribution in [0.5, 0.6) is 0 Å². The molecule has 0 N–H and O–H groups in total. The van der Waals surface area contributed by atoms with Gasteiger partial charge in [0.15, 0.2) is 9.84 Å². The first-order chi connectivity index (χ1) is 13.4. The largest absolute Gasteiger partial charge is 0.383 e. The second-order valence-electron chi connectivity index (χ2n) is 6.62. The molecule has 1 aliphatic rings. The van der Waals surface area contributed by atoms with Crippen LogP contribution in [0, 0.1) is 0 Å². The van der Waals surface area contributed by atoms with E-state index in [1.54, 1.807) is 29.4 Å². The van der Waals surface area contributed by atoms with Crippen molar-refractivity contribution in [2.24, 2.45) is 0 Å². The number of ether oxygens (including phenoxy) is 1. The monoisotopic (exact) mass is 483 g/mol. The van der Waals surface area contributed by atoms with Gasteiger partial charge >= 0.3 is 0 Å². The molecule has 1 unspecified atom stereocenters. The summed E-state index contributed by atoms with van der Waals surface area (Å²) in [5.74, 6) is -0.0134. The molecule has 0 aliphatic carbocycles. The van der Waals surface area contributed by atoms with Gasteiger partial charge in [-0.05, 0) is 42.3 Å². The van der Waals surface area contributed by atoms with E-state index < -0.39 is 9.84 Å². The molecule has 1 aromatic carbocycles. The lowest BCUT2D eigenvalue weighted by atomic mass is 10.2. The second kappa shape index (κ2) is 9.35. The van der Waals surface area contributed by atoms with E-state index in [-0.39, 0.29) is 23.5 Å². The molecule has 0 saturated carbocycles. The van der Waals surface area contributed by atoms with E-state index in [0.717, 1.165) is 19.8 Å². The third-order valence-electron chi connectivity index (χ3n) is 4.61. The Labute approximate surface area is 178 Å². The summed E-state index contributed by atoms with van der Waals surface area (Å²) in [5.41, 5.74) is 1.12. The predicted molar refractivity (Wildman–Crippen MR) is 117 cm³/mol. The number of hydrogen-bond donors (Lipinski definition) is 0. The average Bonchev–Trinajstić information content (AvgIpc) is 3.27. The summed E-state index contributed by atoms with van der Waals surface area (Å²) < 4.78 is 29.7. The fourth-order valence-electron chi connectivity index (χ4n) is 3.14. The maximum absolute atomic E-state index is 12.7. The standard InChI is InChI=1S/C20H22BrNO4S2/c1-26-12-11-22(17-10-13-28(24,25)14-17)20(23)9-7-18-6-8-19(27-18)15-2-4-16(21)5-3-15/h2-9,17H,10-14H2,1H3/b9-7+. The van der Waals surface area contributed by atoms with Gasteiger partial charge in [0.1, 0.15) is 0 Å². The molecule has 150 valence electrons. The summed E-state index contributed by atoms with van der Waals surface area (Å²) in [6.07, 6.45) is 3.80. The molecular weight excluding hydrogens is 462 g/mol. The van der Waals surface area contributed by atoms with Crippen molar-refractivity contribution in [1.29, 1.82) is 0 Å². The number of benzene rings is 1. The molecule has 1 atom stereocenters. The minimum Gasteiger partial charge on any atom is -0.383 e. The number of hydrogen-bond acceptors (Lipinski definition) is 5. The van der Waals surface area contributed by atoms with Gasteiger partial charge in [-0.1, -0.05) is 28.1 Å². The molecule has 1 saturated heterocycles. The van der Waals surface area contributed by atoms with Crippen molar-refractivity contribution in [1.82, 2.24) is 4.90 Å². The molecular formula is C20H22BrNO4S2. The number of carbonyl (C=O) groups is 1. The molecule has 1 aliphatic heterocycles. The third-order valence-corrected chi connectivity index (χ3v) is 7.99. The van der Waals surface area contributed by atoms with Crippen LogP contribution in [-0.4, -0.2) is 57.0 Å². The van der Waals surface area contributed by atoms with Crippen LogP contribution in [0.3, 0.4) is 0 Å². The molecule has 8 heteroatoms. The van der Waals surface area contributed by atoms with E-state index in [1.165, 1.54) is 6.08 Å². The van der Waals surface area contributed by atoms with Crippen LogP contribution in [0.1, 0.15) is 11.3 Å². The highest BCUT2D eigenvalue weighted by Gasteiger charge is 2.33. The average molecular weight is 484 g/mol. The summed E-state index contributed by atoms with van der Waals surface area (Å²) in [7, 11) is -1.49. The third kappa shape index (κ3) is 5.53. The second-order valence-corrected chi connectivity index (χ2v) is 10.9. The number of rotatable bonds is 7. The lowest BCUT2D eigenvalue weighted by Gasteiger charge is -2.26. The number of methoxy groups -OCH3 is 1. The van der Waals surface area contributed by atoms with Crippen LogP contribution >= 0.6 is 27.3 Å². The fourth-order valence-corrected chi connectivity index (χ4v) is 6.06. The number of sulfone groups is 1. The maximum Gasteiger partial charge on any atom is 0.246 e. The minimum absolute atomic E-state index is 0.0308. The van der Waals surface area contributed by atoms with Crippen LogP contribution in [0.4, 0.5) is 0 Å². The Morgan fingerprint density at radius 2 is 2.04 bits per heavy atom. The Morgan fingerprint density at radius 3 is 2.68 bits per heavy atom. The summed E-state index contributed by atoms with van der Waals surface area (Å²) in [6.45, 7) is 0.761. The van der Waals surface area contributed by atoms with E-state index in [4.69, 9.17) is 4.74 Å². The van der Waals surface area contributed by atoms with Gasteiger partial charge in [-0.15, -0.1) is 11.3 Å². The number of halogens is 1. The Hall–Kier alpha value is -1.48. The molecule has 2 heterocycles. The highest BCUT2D eigenvalue weighted by atomic mass is 79.9. The summed E-state index contributed by atoms with van der Waals surface area (Å²) >= 11 is 5.04. The van der Waals surface area contributed by atoms with Gasteiger partial charge in [-0.3, -0.25) is 4.79 Å². The summed E-state index contributed by atoms with van der Waals surface area (Å²) in [5, 5.41) is 0. The molecule has 0 radical (unpaired) electrons. The smallest absolute Gasteiger partial charge is 0.246 e. The minimum atomic E-state index is -3.06. The lowest BCUT2D eigenvalue weighted by molar-refractivity contribution is -0.128. The topological polar surface area (TPSA) is 63.7 Å². The number of nitrogens with zero attached hydrogens (tertiary/aromatic N) is 1. The molecule has 1 aromatic heterocycles. The molecule has 28 heavy (non-hydrogen) atoms. The lowest BCUT2D eigenvalue weighted by Crippen LogP contribution is -2.42. The Morgan fingerprint density at radius 1 is 1.29 bits per heavy atom. The van der Waals surface area contributed by atoms with Crippen molar-refractivity contribution >= 4 is 49.1 Å². The van der Waals surface area contributed by atoms with Crippen LogP contribution in [-0.2, 0) is 19.4 Å². The highest BCUT2D eigenvalue weighted by molar-refractivity contribution is 9.10. The van der Waals surface area contributed by atoms with Crippen LogP contribution in [0.15, 0.2) is 46.9 Å². The summed E-state index contributed by atoms with van der Waals surface area (Å²) in [4.78, 5) is 16.4. The number of carbonyl (C=O) groups excluding carboxylic acids is 1. The number of amides is 1. The maximum atomic E-state index is 12.7. The Balaban J connectivity index is 1.70. The zero-order valence-electron chi connectivity index (χ0n) is 15.5. The first kappa shape index (κ1) is 21.2. The first-order valence-electron chi connectivity index (χ1n) is 8.92. The quantitative estimate of drug-likeness (QED) is 0.560. The SMILES string of the molecule is COCCN(C(=O)/C=C/c1ccc(-c2ccc(Br)cc2)s1)C1CCS(=O)(=O)C1. The molecule has 3 rings (SSSR count). The van der Waals surface area contributed by atoms with E-state index in [9.17, 15) is 13.2 Å². The molecule has 1 fully saturated rings. The zero-order chi connectivity index (χ0) is 20.1. The van der Waals surface area contributed by atoms with Gasteiger partial charge in [-0.2, -0.15) is 0 Å². The Kier molecular flexibility index (Phi) is 7.09. The van der Waals surface area contributed by atoms with Gasteiger partial charge in [0.25, 0.3) is 0 Å². The van der Waals surface area contributed by atoms with Crippen molar-refractivity contribution in [3.8, 4) is 10.4 Å². The van der Waals surface area contributed by atoms with Crippen molar-refractivity contribution in [3.05, 3.63) is 51.8 Å². The van der Waals surface area contributed by atoms with Crippen molar-refractivity contribution in [2.45, 2.75) is 12.5 Å².